The number of carbonyl (C=O) groups is 3. The molecule has 3 aromatic rings. The van der Waals surface area contributed by atoms with Gasteiger partial charge >= 0.3 is 0 Å². The van der Waals surface area contributed by atoms with E-state index in [9.17, 15) is 34.8 Å². The Morgan fingerprint density at radius 2 is 1.80 bits per heavy atom. The normalized spacial score (nSPS) is 20.8. The molecule has 7 N–H and O–H groups in total. The van der Waals surface area contributed by atoms with Crippen LogP contribution in [0.4, 0.5) is 0 Å². The van der Waals surface area contributed by atoms with E-state index < -0.39 is 53.7 Å². The van der Waals surface area contributed by atoms with Crippen LogP contribution in [0.25, 0.3) is 11.1 Å². The van der Waals surface area contributed by atoms with Crippen LogP contribution in [-0.4, -0.2) is 63.8 Å². The molecule has 3 atom stereocenters. The molecular formula is C35H38N2O8. The summed E-state index contributed by atoms with van der Waals surface area (Å²) in [6.45, 7) is 0.970. The molecule has 0 unspecified atom stereocenters. The van der Waals surface area contributed by atoms with Gasteiger partial charge < -0.3 is 36.2 Å². The Morgan fingerprint density at radius 3 is 2.49 bits per heavy atom. The van der Waals surface area contributed by atoms with Crippen molar-refractivity contribution in [1.29, 1.82) is 0 Å². The summed E-state index contributed by atoms with van der Waals surface area (Å²) in [5.74, 6) is -4.96. The predicted octanol–water partition coefficient (Wildman–Crippen LogP) is 3.15. The minimum Gasteiger partial charge on any atom is -0.508 e. The number of phenols is 1. The van der Waals surface area contributed by atoms with Gasteiger partial charge in [0.05, 0.1) is 19.1 Å². The fourth-order valence-electron chi connectivity index (χ4n) is 6.76. The van der Waals surface area contributed by atoms with Crippen molar-refractivity contribution in [1.82, 2.24) is 5.32 Å². The molecule has 0 fully saturated rings. The fourth-order valence-corrected chi connectivity index (χ4v) is 6.76. The second-order valence-electron chi connectivity index (χ2n) is 11.7. The number of aromatic hydroxyl groups is 1. The maximum Gasteiger partial charge on any atom is 0.225 e. The molecule has 45 heavy (non-hydrogen) atoms. The van der Waals surface area contributed by atoms with Crippen molar-refractivity contribution in [2.75, 3.05) is 20.3 Å². The number of hydrogen-bond acceptors (Lipinski definition) is 9. The number of phenolic OH excluding ortho intramolecular Hbond substituents is 1. The van der Waals surface area contributed by atoms with Crippen LogP contribution >= 0.6 is 0 Å². The Kier molecular flexibility index (Phi) is 9.38. The minimum absolute atomic E-state index is 0.0379. The number of ether oxygens (including phenoxy) is 1. The molecule has 0 bridgehead atoms. The Balaban J connectivity index is 1.51. The molecule has 0 heterocycles. The summed E-state index contributed by atoms with van der Waals surface area (Å²) in [4.78, 5) is 38.5. The van der Waals surface area contributed by atoms with Crippen LogP contribution < -0.4 is 15.8 Å². The van der Waals surface area contributed by atoms with Crippen molar-refractivity contribution in [3.8, 4) is 22.6 Å². The number of Topliss-reactive ketones (excluding diaryl/α,β-unsaturated/α-hetero) is 2. The second-order valence-corrected chi connectivity index (χ2v) is 11.7. The number of rotatable bonds is 12. The van der Waals surface area contributed by atoms with Crippen LogP contribution in [0.5, 0.6) is 11.5 Å². The van der Waals surface area contributed by atoms with E-state index in [4.69, 9.17) is 10.5 Å². The first-order chi connectivity index (χ1) is 21.6. The SMILES string of the molecule is COc1ccc(CNCCc2ccccc2)cc1-c1ccc(O)c2c1C[C@H]1C[C@@H](CCO)[C@@](O)(C(=O)CC(N)=O)C(O)=C1C2=O. The molecule has 1 amide bonds. The van der Waals surface area contributed by atoms with E-state index in [1.54, 1.807) is 13.2 Å². The molecule has 0 spiro atoms. The van der Waals surface area contributed by atoms with Gasteiger partial charge in [-0.1, -0.05) is 42.5 Å². The van der Waals surface area contributed by atoms with Crippen LogP contribution in [0.2, 0.25) is 0 Å². The molecule has 10 nitrogen and oxygen atoms in total. The maximum atomic E-state index is 14.0. The topological polar surface area (TPSA) is 179 Å². The van der Waals surface area contributed by atoms with Gasteiger partial charge in [0.25, 0.3) is 0 Å². The van der Waals surface area contributed by atoms with E-state index in [-0.39, 0.29) is 36.1 Å². The first kappa shape index (κ1) is 31.9. The highest BCUT2D eigenvalue weighted by Crippen LogP contribution is 2.50. The van der Waals surface area contributed by atoms with Crippen molar-refractivity contribution >= 4 is 17.5 Å². The number of fused-ring (bicyclic) bond motifs is 2. The highest BCUT2D eigenvalue weighted by molar-refractivity contribution is 6.15. The molecular weight excluding hydrogens is 576 g/mol. The Bertz CT molecular complexity index is 1650. The summed E-state index contributed by atoms with van der Waals surface area (Å²) >= 11 is 0. The standard InChI is InChI=1S/C35H38N2O8/c1-45-28-10-7-21(19-37-13-11-20-5-3-2-4-6-20)15-25(28)24-8-9-27(39)32-26(24)17-22-16-23(12-14-38)35(44,29(40)18-30(36)41)34(43)31(22)33(32)42/h2-10,15,22-23,37-39,43-44H,11-14,16-19H2,1H3,(H2,36,41)/t22-,23-,35-/m1/s1. The average molecular weight is 615 g/mol. The Labute approximate surface area is 261 Å². The lowest BCUT2D eigenvalue weighted by molar-refractivity contribution is -0.147. The number of carbonyl (C=O) groups excluding carboxylic acids is 3. The molecule has 3 aromatic carbocycles. The van der Waals surface area contributed by atoms with E-state index in [0.29, 0.717) is 23.4 Å². The number of aliphatic hydroxyl groups excluding tert-OH is 2. The maximum absolute atomic E-state index is 14.0. The van der Waals surface area contributed by atoms with Gasteiger partial charge in [-0.25, -0.2) is 0 Å². The second kappa shape index (κ2) is 13.2. The molecule has 0 radical (unpaired) electrons. The van der Waals surface area contributed by atoms with E-state index in [1.807, 2.05) is 36.4 Å². The predicted molar refractivity (Wildman–Crippen MR) is 167 cm³/mol. The Morgan fingerprint density at radius 1 is 1.04 bits per heavy atom. The third-order valence-electron chi connectivity index (χ3n) is 8.95. The minimum atomic E-state index is -2.57. The summed E-state index contributed by atoms with van der Waals surface area (Å²) in [5, 5.41) is 46.9. The monoisotopic (exact) mass is 614 g/mol. The largest absolute Gasteiger partial charge is 0.508 e. The van der Waals surface area contributed by atoms with E-state index in [2.05, 4.69) is 17.4 Å². The molecule has 10 heteroatoms. The zero-order valence-corrected chi connectivity index (χ0v) is 25.1. The summed E-state index contributed by atoms with van der Waals surface area (Å²) < 4.78 is 5.69. The lowest BCUT2D eigenvalue weighted by atomic mass is 9.62. The van der Waals surface area contributed by atoms with Gasteiger partial charge in [0.15, 0.2) is 17.2 Å². The third kappa shape index (κ3) is 6.09. The number of aliphatic hydroxyl groups is 3. The molecule has 236 valence electrons. The van der Waals surface area contributed by atoms with Gasteiger partial charge in [-0.3, -0.25) is 14.4 Å². The fraction of sp³-hybridized carbons (Fsp3) is 0.343. The highest BCUT2D eigenvalue weighted by atomic mass is 16.5. The number of methoxy groups -OCH3 is 1. The van der Waals surface area contributed by atoms with Crippen LogP contribution in [-0.2, 0) is 29.0 Å². The molecule has 5 rings (SSSR count). The molecule has 2 aliphatic carbocycles. The van der Waals surface area contributed by atoms with Gasteiger partial charge in [0.1, 0.15) is 17.3 Å². The number of ketones is 2. The first-order valence-electron chi connectivity index (χ1n) is 15.0. The zero-order chi connectivity index (χ0) is 32.3. The van der Waals surface area contributed by atoms with Crippen molar-refractivity contribution in [3.63, 3.8) is 0 Å². The van der Waals surface area contributed by atoms with Crippen molar-refractivity contribution in [2.24, 2.45) is 17.6 Å². The van der Waals surface area contributed by atoms with Gasteiger partial charge in [0, 0.05) is 30.2 Å². The third-order valence-corrected chi connectivity index (χ3v) is 8.95. The number of nitrogens with one attached hydrogen (secondary N) is 1. The van der Waals surface area contributed by atoms with E-state index >= 15 is 0 Å². The number of amides is 1. The van der Waals surface area contributed by atoms with Crippen LogP contribution in [0.3, 0.4) is 0 Å². The average Bonchev–Trinajstić information content (AvgIpc) is 3.02. The van der Waals surface area contributed by atoms with Crippen molar-refractivity contribution in [2.45, 2.75) is 44.2 Å². The van der Waals surface area contributed by atoms with Crippen molar-refractivity contribution < 1.29 is 39.5 Å². The van der Waals surface area contributed by atoms with Crippen molar-refractivity contribution in [3.05, 3.63) is 94.2 Å². The Hall–Kier alpha value is -4.51. The lowest BCUT2D eigenvalue weighted by Gasteiger charge is -2.43. The molecule has 0 aliphatic heterocycles. The van der Waals surface area contributed by atoms with Gasteiger partial charge in [0.2, 0.25) is 5.91 Å². The summed E-state index contributed by atoms with van der Waals surface area (Å²) in [7, 11) is 1.55. The summed E-state index contributed by atoms with van der Waals surface area (Å²) in [6.07, 6.45) is 0.245. The number of hydrogen-bond donors (Lipinski definition) is 6. The summed E-state index contributed by atoms with van der Waals surface area (Å²) in [6, 6.07) is 19.1. The molecule has 0 saturated heterocycles. The van der Waals surface area contributed by atoms with Gasteiger partial charge in [-0.2, -0.15) is 0 Å². The number of benzene rings is 3. The first-order valence-corrected chi connectivity index (χ1v) is 15.0. The smallest absolute Gasteiger partial charge is 0.225 e. The van der Waals surface area contributed by atoms with Crippen LogP contribution in [0, 0.1) is 11.8 Å². The molecule has 2 aliphatic rings. The van der Waals surface area contributed by atoms with E-state index in [0.717, 1.165) is 24.1 Å². The molecule has 0 aromatic heterocycles. The number of primary amides is 1. The van der Waals surface area contributed by atoms with E-state index in [1.165, 1.54) is 11.6 Å². The lowest BCUT2D eigenvalue weighted by Crippen LogP contribution is -2.54. The van der Waals surface area contributed by atoms with Crippen LogP contribution in [0.1, 0.15) is 46.3 Å². The zero-order valence-electron chi connectivity index (χ0n) is 25.1. The van der Waals surface area contributed by atoms with Crippen LogP contribution in [0.15, 0.2) is 72.0 Å². The number of nitrogens with two attached hydrogens (primary N) is 1. The molecule has 0 saturated carbocycles. The summed E-state index contributed by atoms with van der Waals surface area (Å²) in [5.41, 5.74) is 6.55. The number of allylic oxidation sites excluding steroid dienone is 1. The van der Waals surface area contributed by atoms with Gasteiger partial charge in [-0.15, -0.1) is 0 Å². The quantitative estimate of drug-likeness (QED) is 0.132. The highest BCUT2D eigenvalue weighted by Gasteiger charge is 2.55. The van der Waals surface area contributed by atoms with Gasteiger partial charge in [-0.05, 0) is 78.6 Å².